The Balaban J connectivity index is 1.43. The molecule has 4 aromatic rings. The van der Waals surface area contributed by atoms with E-state index in [1.54, 1.807) is 0 Å². The molecule has 0 spiro atoms. The molecule has 32 heavy (non-hydrogen) atoms. The molecule has 1 unspecified atom stereocenters. The molecule has 1 aliphatic heterocycles. The number of hydrogen-bond donors (Lipinski definition) is 3. The van der Waals surface area contributed by atoms with Crippen LogP contribution in [-0.2, 0) is 0 Å². The van der Waals surface area contributed by atoms with E-state index >= 15 is 0 Å². The molecule has 3 atom stereocenters. The Kier molecular flexibility index (Phi) is 5.45. The summed E-state index contributed by atoms with van der Waals surface area (Å²) >= 11 is 0. The smallest absolute Gasteiger partial charge is 0.139 e. The summed E-state index contributed by atoms with van der Waals surface area (Å²) in [6.45, 7) is 8.49. The Morgan fingerprint density at radius 1 is 1.09 bits per heavy atom. The van der Waals surface area contributed by atoms with E-state index in [0.29, 0.717) is 12.1 Å². The molecular formula is C24H28N8. The first-order valence-electron chi connectivity index (χ1n) is 11.0. The zero-order chi connectivity index (χ0) is 22.1. The van der Waals surface area contributed by atoms with Crippen LogP contribution in [0.5, 0.6) is 0 Å². The van der Waals surface area contributed by atoms with Gasteiger partial charge in [-0.25, -0.2) is 19.9 Å². The van der Waals surface area contributed by atoms with Gasteiger partial charge in [-0.15, -0.1) is 0 Å². The van der Waals surface area contributed by atoms with E-state index in [1.807, 2.05) is 30.9 Å². The Morgan fingerprint density at radius 2 is 1.88 bits per heavy atom. The van der Waals surface area contributed by atoms with Gasteiger partial charge in [0.25, 0.3) is 0 Å². The van der Waals surface area contributed by atoms with Crippen LogP contribution in [0.1, 0.15) is 32.5 Å². The summed E-state index contributed by atoms with van der Waals surface area (Å²) in [5.41, 5.74) is 4.80. The maximum atomic E-state index is 5.00. The van der Waals surface area contributed by atoms with E-state index in [-0.39, 0.29) is 6.04 Å². The predicted molar refractivity (Wildman–Crippen MR) is 128 cm³/mol. The number of aromatic amines is 1. The molecule has 0 bridgehead atoms. The number of nitrogens with zero attached hydrogens (tertiary/aromatic N) is 5. The lowest BCUT2D eigenvalue weighted by atomic mass is 10.1. The zero-order valence-corrected chi connectivity index (χ0v) is 18.6. The van der Waals surface area contributed by atoms with Gasteiger partial charge in [0.2, 0.25) is 0 Å². The third-order valence-electron chi connectivity index (χ3n) is 5.90. The lowest BCUT2D eigenvalue weighted by Gasteiger charge is -2.37. The molecular weight excluding hydrogens is 400 g/mol. The first-order valence-corrected chi connectivity index (χ1v) is 11.0. The molecule has 5 heterocycles. The second-order valence-electron chi connectivity index (χ2n) is 8.57. The van der Waals surface area contributed by atoms with Crippen LogP contribution in [0.2, 0.25) is 0 Å². The van der Waals surface area contributed by atoms with Gasteiger partial charge < -0.3 is 20.5 Å². The van der Waals surface area contributed by atoms with Crippen molar-refractivity contribution in [3.05, 3.63) is 61.1 Å². The first-order chi connectivity index (χ1) is 15.6. The van der Waals surface area contributed by atoms with Crippen molar-refractivity contribution < 1.29 is 0 Å². The molecule has 0 saturated carbocycles. The third-order valence-corrected chi connectivity index (χ3v) is 5.90. The number of pyridine rings is 2. The number of H-pyrrole nitrogens is 1. The van der Waals surface area contributed by atoms with Crippen LogP contribution in [0.15, 0.2) is 55.4 Å². The van der Waals surface area contributed by atoms with Gasteiger partial charge in [0.1, 0.15) is 17.8 Å². The minimum atomic E-state index is 0.0214. The van der Waals surface area contributed by atoms with E-state index < -0.39 is 0 Å². The van der Waals surface area contributed by atoms with Gasteiger partial charge in [-0.2, -0.15) is 0 Å². The highest BCUT2D eigenvalue weighted by molar-refractivity contribution is 6.02. The average Bonchev–Trinajstić information content (AvgIpc) is 3.24. The van der Waals surface area contributed by atoms with E-state index in [0.717, 1.165) is 52.4 Å². The van der Waals surface area contributed by atoms with Gasteiger partial charge in [0.15, 0.2) is 0 Å². The Hall–Kier alpha value is -3.52. The molecule has 8 heteroatoms. The van der Waals surface area contributed by atoms with E-state index in [4.69, 9.17) is 4.98 Å². The summed E-state index contributed by atoms with van der Waals surface area (Å²) in [5.74, 6) is 1.03. The van der Waals surface area contributed by atoms with Crippen LogP contribution >= 0.6 is 0 Å². The first kappa shape index (κ1) is 20.4. The van der Waals surface area contributed by atoms with Gasteiger partial charge in [-0.3, -0.25) is 0 Å². The lowest BCUT2D eigenvalue weighted by molar-refractivity contribution is 0.405. The molecule has 0 aromatic carbocycles. The number of nitrogens with one attached hydrogen (secondary N) is 3. The average molecular weight is 429 g/mol. The van der Waals surface area contributed by atoms with Crippen molar-refractivity contribution >= 4 is 22.5 Å². The quantitative estimate of drug-likeness (QED) is 0.445. The SMILES string of the molecule is CC(Nc1ccnc2[nH]cc(-c3cncnc3)c12)c1cccc(N2C[C@@H](C)N[C@@H](C)C2)n1. The van der Waals surface area contributed by atoms with Crippen molar-refractivity contribution in [1.29, 1.82) is 0 Å². The summed E-state index contributed by atoms with van der Waals surface area (Å²) < 4.78 is 0. The molecule has 1 saturated heterocycles. The molecule has 0 amide bonds. The van der Waals surface area contributed by atoms with Gasteiger partial charge in [-0.1, -0.05) is 6.07 Å². The summed E-state index contributed by atoms with van der Waals surface area (Å²) in [5, 5.41) is 8.26. The van der Waals surface area contributed by atoms with Gasteiger partial charge >= 0.3 is 0 Å². The monoisotopic (exact) mass is 428 g/mol. The summed E-state index contributed by atoms with van der Waals surface area (Å²) in [6, 6.07) is 9.19. The number of aromatic nitrogens is 5. The van der Waals surface area contributed by atoms with Crippen molar-refractivity contribution in [2.45, 2.75) is 38.9 Å². The fraction of sp³-hybridized carbons (Fsp3) is 0.333. The minimum absolute atomic E-state index is 0.0214. The number of rotatable bonds is 5. The lowest BCUT2D eigenvalue weighted by Crippen LogP contribution is -2.54. The highest BCUT2D eigenvalue weighted by atomic mass is 15.3. The van der Waals surface area contributed by atoms with Crippen molar-refractivity contribution in [2.24, 2.45) is 0 Å². The van der Waals surface area contributed by atoms with Crippen LogP contribution in [0.4, 0.5) is 11.5 Å². The van der Waals surface area contributed by atoms with Gasteiger partial charge in [-0.05, 0) is 39.0 Å². The topological polar surface area (TPSA) is 94.7 Å². The standard InChI is InChI=1S/C24H28N8/c1-15-12-32(13-16(2)29-15)22-6-4-5-20(31-22)17(3)30-21-7-8-27-24-23(21)19(11-28-24)18-9-25-14-26-10-18/h4-11,14-17,29H,12-13H2,1-3H3,(H2,27,28,30)/t15-,16+,17?. The van der Waals surface area contributed by atoms with Gasteiger partial charge in [0, 0.05) is 72.2 Å². The maximum absolute atomic E-state index is 5.00. The van der Waals surface area contributed by atoms with Crippen molar-refractivity contribution in [1.82, 2.24) is 30.2 Å². The second-order valence-corrected chi connectivity index (χ2v) is 8.57. The normalized spacial score (nSPS) is 19.8. The van der Waals surface area contributed by atoms with E-state index in [2.05, 4.69) is 74.4 Å². The van der Waals surface area contributed by atoms with Crippen LogP contribution in [0.3, 0.4) is 0 Å². The molecule has 164 valence electrons. The fourth-order valence-electron chi connectivity index (χ4n) is 4.52. The largest absolute Gasteiger partial charge is 0.376 e. The van der Waals surface area contributed by atoms with Crippen molar-refractivity contribution in [2.75, 3.05) is 23.3 Å². The predicted octanol–water partition coefficient (Wildman–Crippen LogP) is 3.77. The minimum Gasteiger partial charge on any atom is -0.376 e. The molecule has 0 aliphatic carbocycles. The highest BCUT2D eigenvalue weighted by Gasteiger charge is 2.22. The molecule has 4 aromatic heterocycles. The van der Waals surface area contributed by atoms with Crippen LogP contribution < -0.4 is 15.5 Å². The third kappa shape index (κ3) is 4.01. The Labute approximate surface area is 187 Å². The van der Waals surface area contributed by atoms with Crippen LogP contribution in [0.25, 0.3) is 22.2 Å². The summed E-state index contributed by atoms with van der Waals surface area (Å²) in [7, 11) is 0. The van der Waals surface area contributed by atoms with Crippen LogP contribution in [-0.4, -0.2) is 50.1 Å². The summed E-state index contributed by atoms with van der Waals surface area (Å²) in [4.78, 5) is 23.5. The molecule has 1 aliphatic rings. The van der Waals surface area contributed by atoms with Gasteiger partial charge in [0.05, 0.1) is 11.7 Å². The van der Waals surface area contributed by atoms with Crippen molar-refractivity contribution in [3.8, 4) is 11.1 Å². The van der Waals surface area contributed by atoms with E-state index in [1.165, 1.54) is 6.33 Å². The molecule has 1 fully saturated rings. The number of fused-ring (bicyclic) bond motifs is 1. The number of anilines is 2. The number of piperazine rings is 1. The maximum Gasteiger partial charge on any atom is 0.139 e. The van der Waals surface area contributed by atoms with E-state index in [9.17, 15) is 0 Å². The number of hydrogen-bond acceptors (Lipinski definition) is 7. The van der Waals surface area contributed by atoms with Crippen molar-refractivity contribution in [3.63, 3.8) is 0 Å². The fourth-order valence-corrected chi connectivity index (χ4v) is 4.52. The molecule has 8 nitrogen and oxygen atoms in total. The highest BCUT2D eigenvalue weighted by Crippen LogP contribution is 2.34. The Morgan fingerprint density at radius 3 is 2.66 bits per heavy atom. The Bertz CT molecular complexity index is 1200. The van der Waals surface area contributed by atoms with Crippen LogP contribution in [0, 0.1) is 0 Å². The molecule has 3 N–H and O–H groups in total. The molecule has 5 rings (SSSR count). The zero-order valence-electron chi connectivity index (χ0n) is 18.6. The second kappa shape index (κ2) is 8.55. The molecule has 0 radical (unpaired) electrons. The summed E-state index contributed by atoms with van der Waals surface area (Å²) in [6.07, 6.45) is 8.94.